The predicted molar refractivity (Wildman–Crippen MR) is 180 cm³/mol. The number of rotatable bonds is 33. The lowest BCUT2D eigenvalue weighted by atomic mass is 10.1. The predicted octanol–water partition coefficient (Wildman–Crippen LogP) is 10.7. The van der Waals surface area contributed by atoms with Gasteiger partial charge in [-0.1, -0.05) is 134 Å². The van der Waals surface area contributed by atoms with E-state index in [2.05, 4.69) is 43.1 Å². The van der Waals surface area contributed by atoms with Crippen molar-refractivity contribution in [3.8, 4) is 0 Å². The Labute approximate surface area is 256 Å². The molecule has 0 unspecified atom stereocenters. The van der Waals surface area contributed by atoms with Crippen LogP contribution in [0, 0.1) is 0 Å². The molecule has 0 aliphatic rings. The molecule has 0 aliphatic heterocycles. The maximum Gasteiger partial charge on any atom is 0.305 e. The zero-order chi connectivity index (χ0) is 29.9. The van der Waals surface area contributed by atoms with Crippen LogP contribution in [0.15, 0.2) is 24.3 Å². The second kappa shape index (κ2) is 35.1. The Kier molecular flexibility index (Phi) is 34.1. The maximum absolute atomic E-state index is 11.9. The number of hydrogen-bond donors (Lipinski definition) is 1. The van der Waals surface area contributed by atoms with Gasteiger partial charge in [0.05, 0.1) is 13.2 Å². The van der Waals surface area contributed by atoms with Crippen molar-refractivity contribution in [2.45, 2.75) is 174 Å². The van der Waals surface area contributed by atoms with Crippen molar-refractivity contribution in [1.82, 2.24) is 4.90 Å². The van der Waals surface area contributed by atoms with Crippen LogP contribution in [0.4, 0.5) is 0 Å². The van der Waals surface area contributed by atoms with Crippen molar-refractivity contribution in [3.05, 3.63) is 24.3 Å². The van der Waals surface area contributed by atoms with E-state index >= 15 is 0 Å². The average molecular weight is 578 g/mol. The van der Waals surface area contributed by atoms with Gasteiger partial charge in [-0.25, -0.2) is 0 Å². The number of unbranched alkanes of at least 4 members (excludes halogenated alkanes) is 19. The Morgan fingerprint density at radius 2 is 1.02 bits per heavy atom. The molecule has 0 rings (SSSR count). The van der Waals surface area contributed by atoms with Crippen molar-refractivity contribution in [2.75, 3.05) is 32.8 Å². The van der Waals surface area contributed by atoms with E-state index in [0.717, 1.165) is 45.3 Å². The molecule has 41 heavy (non-hydrogen) atoms. The van der Waals surface area contributed by atoms with E-state index in [-0.39, 0.29) is 12.6 Å². The number of hydrogen-bond acceptors (Lipinski definition) is 4. The number of ether oxygens (including phenoxy) is 1. The summed E-state index contributed by atoms with van der Waals surface area (Å²) in [5.41, 5.74) is 0. The normalized spacial score (nSPS) is 11.9. The Hall–Kier alpha value is -1.13. The van der Waals surface area contributed by atoms with Crippen LogP contribution in [0.3, 0.4) is 0 Å². The number of carbonyl (C=O) groups excluding carboxylic acids is 1. The summed E-state index contributed by atoms with van der Waals surface area (Å²) in [5, 5.41) is 9.44. The molecule has 0 aromatic carbocycles. The second-order valence-electron chi connectivity index (χ2n) is 12.0. The van der Waals surface area contributed by atoms with Gasteiger partial charge in [0, 0.05) is 13.0 Å². The summed E-state index contributed by atoms with van der Waals surface area (Å²) in [6.45, 7) is 8.35. The molecule has 4 nitrogen and oxygen atoms in total. The Bertz CT molecular complexity index is 575. The Balaban J connectivity index is 3.53. The zero-order valence-electron chi connectivity index (χ0n) is 27.7. The van der Waals surface area contributed by atoms with Gasteiger partial charge in [-0.3, -0.25) is 4.79 Å². The van der Waals surface area contributed by atoms with E-state index in [1.54, 1.807) is 0 Å². The van der Waals surface area contributed by atoms with E-state index in [9.17, 15) is 9.90 Å². The van der Waals surface area contributed by atoms with Gasteiger partial charge >= 0.3 is 5.97 Å². The van der Waals surface area contributed by atoms with E-state index in [4.69, 9.17) is 4.74 Å². The lowest BCUT2D eigenvalue weighted by Gasteiger charge is -2.21. The van der Waals surface area contributed by atoms with Crippen molar-refractivity contribution in [3.63, 3.8) is 0 Å². The van der Waals surface area contributed by atoms with Gasteiger partial charge in [-0.2, -0.15) is 0 Å². The van der Waals surface area contributed by atoms with Gasteiger partial charge in [-0.05, 0) is 70.9 Å². The quantitative estimate of drug-likeness (QED) is 0.0479. The standard InChI is InChI=1S/C37H71NO3/c1-3-5-7-9-11-12-13-14-15-16-17-18-19-20-24-28-32-38(34-35-39)33-29-25-22-23-27-31-37(40)41-36-30-26-21-10-8-6-4-2/h11-12,14-15,39H,3-10,13,16-36H2,1-2H3. The molecule has 1 N–H and O–H groups in total. The van der Waals surface area contributed by atoms with Crippen LogP contribution in [0.1, 0.15) is 174 Å². The molecule has 0 saturated heterocycles. The lowest BCUT2D eigenvalue weighted by molar-refractivity contribution is -0.143. The molecule has 0 aromatic heterocycles. The smallest absolute Gasteiger partial charge is 0.305 e. The van der Waals surface area contributed by atoms with E-state index in [1.165, 1.54) is 128 Å². The largest absolute Gasteiger partial charge is 0.466 e. The second-order valence-corrected chi connectivity index (χ2v) is 12.0. The fourth-order valence-corrected chi connectivity index (χ4v) is 5.25. The molecule has 0 aliphatic carbocycles. The summed E-state index contributed by atoms with van der Waals surface area (Å²) in [7, 11) is 0. The van der Waals surface area contributed by atoms with Crippen LogP contribution >= 0.6 is 0 Å². The molecular weight excluding hydrogens is 506 g/mol. The fraction of sp³-hybridized carbons (Fsp3) is 0.865. The number of nitrogens with zero attached hydrogens (tertiary/aromatic N) is 1. The van der Waals surface area contributed by atoms with Crippen molar-refractivity contribution in [2.24, 2.45) is 0 Å². The van der Waals surface area contributed by atoms with E-state index in [1.807, 2.05) is 0 Å². The Morgan fingerprint density at radius 1 is 0.561 bits per heavy atom. The average Bonchev–Trinajstić information content (AvgIpc) is 2.97. The lowest BCUT2D eigenvalue weighted by Crippen LogP contribution is -2.29. The summed E-state index contributed by atoms with van der Waals surface area (Å²) in [6.07, 6.45) is 39.7. The monoisotopic (exact) mass is 578 g/mol. The minimum atomic E-state index is -0.0154. The van der Waals surface area contributed by atoms with Gasteiger partial charge in [0.2, 0.25) is 0 Å². The van der Waals surface area contributed by atoms with Crippen molar-refractivity contribution in [1.29, 1.82) is 0 Å². The van der Waals surface area contributed by atoms with Crippen LogP contribution in [0.25, 0.3) is 0 Å². The fourth-order valence-electron chi connectivity index (χ4n) is 5.25. The van der Waals surface area contributed by atoms with Gasteiger partial charge in [0.15, 0.2) is 0 Å². The molecule has 0 saturated carbocycles. The molecule has 0 aromatic rings. The highest BCUT2D eigenvalue weighted by Crippen LogP contribution is 2.11. The molecule has 0 spiro atoms. The van der Waals surface area contributed by atoms with E-state index < -0.39 is 0 Å². The van der Waals surface area contributed by atoms with Crippen LogP contribution < -0.4 is 0 Å². The summed E-state index contributed by atoms with van der Waals surface area (Å²) in [4.78, 5) is 14.3. The minimum absolute atomic E-state index is 0.0154. The Morgan fingerprint density at radius 3 is 1.61 bits per heavy atom. The third-order valence-corrected chi connectivity index (χ3v) is 7.96. The molecule has 0 fully saturated rings. The first-order valence-electron chi connectivity index (χ1n) is 18.0. The van der Waals surface area contributed by atoms with E-state index in [0.29, 0.717) is 13.0 Å². The molecule has 0 amide bonds. The first-order chi connectivity index (χ1) is 20.2. The summed E-state index contributed by atoms with van der Waals surface area (Å²) in [6, 6.07) is 0. The third-order valence-electron chi connectivity index (χ3n) is 7.96. The van der Waals surface area contributed by atoms with Gasteiger partial charge in [0.25, 0.3) is 0 Å². The number of esters is 1. The molecule has 0 heterocycles. The van der Waals surface area contributed by atoms with Crippen molar-refractivity contribution >= 4 is 5.97 Å². The van der Waals surface area contributed by atoms with Crippen LogP contribution in [0.5, 0.6) is 0 Å². The summed E-state index contributed by atoms with van der Waals surface area (Å²) >= 11 is 0. The number of aliphatic hydroxyl groups excluding tert-OH is 1. The molecule has 0 bridgehead atoms. The molecule has 4 heteroatoms. The first kappa shape index (κ1) is 39.9. The molecule has 0 radical (unpaired) electrons. The highest BCUT2D eigenvalue weighted by atomic mass is 16.5. The van der Waals surface area contributed by atoms with Crippen LogP contribution in [-0.4, -0.2) is 48.8 Å². The molecular formula is C37H71NO3. The van der Waals surface area contributed by atoms with Gasteiger partial charge in [0.1, 0.15) is 0 Å². The maximum atomic E-state index is 11.9. The highest BCUT2D eigenvalue weighted by Gasteiger charge is 2.05. The van der Waals surface area contributed by atoms with Crippen molar-refractivity contribution < 1.29 is 14.6 Å². The topological polar surface area (TPSA) is 49.8 Å². The SMILES string of the molecule is CCCCCC=CCC=CCCCCCCCCN(CCO)CCCCCCCC(=O)OCCCCCCCCC. The number of allylic oxidation sites excluding steroid dienone is 4. The molecule has 0 atom stereocenters. The summed E-state index contributed by atoms with van der Waals surface area (Å²) < 4.78 is 5.39. The third kappa shape index (κ3) is 33.2. The number of aliphatic hydroxyl groups is 1. The molecule has 242 valence electrons. The first-order valence-corrected chi connectivity index (χ1v) is 18.0. The highest BCUT2D eigenvalue weighted by molar-refractivity contribution is 5.69. The number of carbonyl (C=O) groups is 1. The van der Waals surface area contributed by atoms with Gasteiger partial charge in [-0.15, -0.1) is 0 Å². The summed E-state index contributed by atoms with van der Waals surface area (Å²) in [5.74, 6) is -0.0154. The van der Waals surface area contributed by atoms with Crippen LogP contribution in [-0.2, 0) is 9.53 Å². The van der Waals surface area contributed by atoms with Gasteiger partial charge < -0.3 is 14.7 Å². The van der Waals surface area contributed by atoms with Crippen LogP contribution in [0.2, 0.25) is 0 Å². The minimum Gasteiger partial charge on any atom is -0.466 e. The zero-order valence-corrected chi connectivity index (χ0v) is 27.7.